The van der Waals surface area contributed by atoms with E-state index in [0.717, 1.165) is 22.3 Å². The van der Waals surface area contributed by atoms with Gasteiger partial charge in [-0.1, -0.05) is 12.1 Å². The van der Waals surface area contributed by atoms with E-state index in [-0.39, 0.29) is 5.69 Å². The lowest BCUT2D eigenvalue weighted by Gasteiger charge is -2.02. The Bertz CT molecular complexity index is 741. The smallest absolute Gasteiger partial charge is 0.356 e. The second-order valence-corrected chi connectivity index (χ2v) is 3.95. The predicted molar refractivity (Wildman–Crippen MR) is 65.3 cm³/mol. The number of carboxylic acids is 1. The molecule has 3 aromatic rings. The molecule has 6 heteroatoms. The van der Waals surface area contributed by atoms with Crippen molar-refractivity contribution in [3.05, 3.63) is 36.3 Å². The maximum absolute atomic E-state index is 10.9. The molecule has 6 nitrogen and oxygen atoms in total. The molecule has 3 rings (SSSR count). The molecule has 0 aliphatic carbocycles. The molecule has 90 valence electrons. The van der Waals surface area contributed by atoms with Gasteiger partial charge in [0, 0.05) is 12.6 Å². The lowest BCUT2D eigenvalue weighted by molar-refractivity contribution is 0.0689. The summed E-state index contributed by atoms with van der Waals surface area (Å²) in [4.78, 5) is 18.2. The van der Waals surface area contributed by atoms with Crippen molar-refractivity contribution >= 4 is 17.0 Å². The van der Waals surface area contributed by atoms with Gasteiger partial charge in [-0.15, -0.1) is 0 Å². The second-order valence-electron chi connectivity index (χ2n) is 3.95. The Hall–Kier alpha value is -2.63. The molecule has 0 amide bonds. The molecular formula is C12H10N4O2. The van der Waals surface area contributed by atoms with Crippen LogP contribution in [0.4, 0.5) is 0 Å². The molecule has 0 unspecified atom stereocenters. The lowest BCUT2D eigenvalue weighted by atomic mass is 10.1. The molecule has 2 aromatic heterocycles. The predicted octanol–water partition coefficient (Wildman–Crippen LogP) is 1.66. The van der Waals surface area contributed by atoms with E-state index in [9.17, 15) is 4.79 Å². The molecule has 0 bridgehead atoms. The summed E-state index contributed by atoms with van der Waals surface area (Å²) in [6.07, 6.45) is 1.61. The van der Waals surface area contributed by atoms with E-state index in [1.807, 2.05) is 18.2 Å². The van der Waals surface area contributed by atoms with Crippen LogP contribution in [0.3, 0.4) is 0 Å². The summed E-state index contributed by atoms with van der Waals surface area (Å²) in [6.45, 7) is 0. The highest BCUT2D eigenvalue weighted by Crippen LogP contribution is 2.26. The highest BCUT2D eigenvalue weighted by Gasteiger charge is 2.15. The fourth-order valence-electron chi connectivity index (χ4n) is 2.00. The number of rotatable bonds is 2. The van der Waals surface area contributed by atoms with Crippen molar-refractivity contribution in [1.29, 1.82) is 0 Å². The minimum Gasteiger partial charge on any atom is -0.476 e. The molecule has 1 aromatic carbocycles. The topological polar surface area (TPSA) is 83.8 Å². The number of imidazole rings is 1. The van der Waals surface area contributed by atoms with Crippen LogP contribution in [0.2, 0.25) is 0 Å². The van der Waals surface area contributed by atoms with Crippen LogP contribution in [0.5, 0.6) is 0 Å². The van der Waals surface area contributed by atoms with Gasteiger partial charge in [-0.2, -0.15) is 5.10 Å². The van der Waals surface area contributed by atoms with Crippen LogP contribution in [0.25, 0.3) is 22.3 Å². The molecule has 0 aliphatic heterocycles. The third-order valence-electron chi connectivity index (χ3n) is 2.82. The van der Waals surface area contributed by atoms with E-state index >= 15 is 0 Å². The number of H-pyrrole nitrogens is 1. The quantitative estimate of drug-likeness (QED) is 0.715. The number of aromatic carboxylic acids is 1. The monoisotopic (exact) mass is 242 g/mol. The van der Waals surface area contributed by atoms with E-state index in [0.29, 0.717) is 0 Å². The number of hydrogen-bond acceptors (Lipinski definition) is 3. The summed E-state index contributed by atoms with van der Waals surface area (Å²) in [5.41, 5.74) is 3.32. The van der Waals surface area contributed by atoms with Crippen molar-refractivity contribution in [2.75, 3.05) is 0 Å². The van der Waals surface area contributed by atoms with Gasteiger partial charge in [-0.25, -0.2) is 9.78 Å². The van der Waals surface area contributed by atoms with Gasteiger partial charge >= 0.3 is 5.97 Å². The van der Waals surface area contributed by atoms with E-state index in [4.69, 9.17) is 5.11 Å². The molecule has 2 heterocycles. The first-order chi connectivity index (χ1) is 8.66. The van der Waals surface area contributed by atoms with Crippen LogP contribution in [0.1, 0.15) is 10.5 Å². The standard InChI is InChI=1S/C12H10N4O2/c1-16-10(5-9(15-16)12(17)18)7-3-2-4-8-11(7)14-6-13-8/h2-6H,1H3,(H,13,14)(H,17,18). The molecule has 0 spiro atoms. The summed E-state index contributed by atoms with van der Waals surface area (Å²) >= 11 is 0. The number of fused-ring (bicyclic) bond motifs is 1. The third kappa shape index (κ3) is 1.46. The fraction of sp³-hybridized carbons (Fsp3) is 0.0833. The van der Waals surface area contributed by atoms with Crippen molar-refractivity contribution in [1.82, 2.24) is 19.7 Å². The van der Waals surface area contributed by atoms with Crippen molar-refractivity contribution in [2.24, 2.45) is 7.05 Å². The van der Waals surface area contributed by atoms with E-state index < -0.39 is 5.97 Å². The lowest BCUT2D eigenvalue weighted by Crippen LogP contribution is -1.99. The number of aryl methyl sites for hydroxylation is 1. The summed E-state index contributed by atoms with van der Waals surface area (Å²) in [5, 5.41) is 12.9. The molecule has 18 heavy (non-hydrogen) atoms. The molecule has 2 N–H and O–H groups in total. The van der Waals surface area contributed by atoms with Crippen LogP contribution in [0.15, 0.2) is 30.6 Å². The molecule has 0 aliphatic rings. The molecule has 0 saturated carbocycles. The first kappa shape index (κ1) is 10.5. The number of hydrogen-bond donors (Lipinski definition) is 2. The first-order valence-corrected chi connectivity index (χ1v) is 5.36. The fourth-order valence-corrected chi connectivity index (χ4v) is 2.00. The average molecular weight is 242 g/mol. The minimum absolute atomic E-state index is 0.0278. The van der Waals surface area contributed by atoms with E-state index in [2.05, 4.69) is 15.1 Å². The number of carbonyl (C=O) groups is 1. The number of aromatic amines is 1. The van der Waals surface area contributed by atoms with Gasteiger partial charge in [0.1, 0.15) is 0 Å². The summed E-state index contributed by atoms with van der Waals surface area (Å²) in [7, 11) is 1.72. The summed E-state index contributed by atoms with van der Waals surface area (Å²) in [5.74, 6) is -1.04. The van der Waals surface area contributed by atoms with Crippen molar-refractivity contribution in [3.63, 3.8) is 0 Å². The van der Waals surface area contributed by atoms with Crippen LogP contribution < -0.4 is 0 Å². The minimum atomic E-state index is -1.04. The van der Waals surface area contributed by atoms with Crippen molar-refractivity contribution < 1.29 is 9.90 Å². The molecular weight excluding hydrogens is 232 g/mol. The van der Waals surface area contributed by atoms with Crippen molar-refractivity contribution in [3.8, 4) is 11.3 Å². The van der Waals surface area contributed by atoms with Crippen LogP contribution in [-0.2, 0) is 7.05 Å². The summed E-state index contributed by atoms with van der Waals surface area (Å²) in [6, 6.07) is 7.25. The number of benzene rings is 1. The van der Waals surface area contributed by atoms with E-state index in [1.54, 1.807) is 24.1 Å². The number of carboxylic acid groups (broad SMARTS) is 1. The SMILES string of the molecule is Cn1nc(C(=O)O)cc1-c1cccc2[nH]cnc12. The number of para-hydroxylation sites is 1. The van der Waals surface area contributed by atoms with Crippen LogP contribution in [0, 0.1) is 0 Å². The Morgan fingerprint density at radius 3 is 3.00 bits per heavy atom. The first-order valence-electron chi connectivity index (χ1n) is 5.36. The average Bonchev–Trinajstić information content (AvgIpc) is 2.94. The highest BCUT2D eigenvalue weighted by atomic mass is 16.4. The zero-order chi connectivity index (χ0) is 12.7. The Morgan fingerprint density at radius 1 is 1.44 bits per heavy atom. The molecule has 0 saturated heterocycles. The van der Waals surface area contributed by atoms with Gasteiger partial charge in [0.2, 0.25) is 0 Å². The normalized spacial score (nSPS) is 10.9. The molecule has 0 fully saturated rings. The van der Waals surface area contributed by atoms with Crippen molar-refractivity contribution in [2.45, 2.75) is 0 Å². The van der Waals surface area contributed by atoms with Gasteiger partial charge in [-0.3, -0.25) is 4.68 Å². The summed E-state index contributed by atoms with van der Waals surface area (Å²) < 4.78 is 1.55. The van der Waals surface area contributed by atoms with E-state index in [1.165, 1.54) is 0 Å². The van der Waals surface area contributed by atoms with Gasteiger partial charge in [0.05, 0.1) is 23.1 Å². The highest BCUT2D eigenvalue weighted by molar-refractivity contribution is 5.93. The van der Waals surface area contributed by atoms with Crippen LogP contribution >= 0.6 is 0 Å². The van der Waals surface area contributed by atoms with Gasteiger partial charge in [0.15, 0.2) is 5.69 Å². The van der Waals surface area contributed by atoms with Gasteiger partial charge < -0.3 is 10.1 Å². The number of aromatic nitrogens is 4. The Kier molecular flexibility index (Phi) is 2.16. The van der Waals surface area contributed by atoms with Gasteiger partial charge in [0.25, 0.3) is 0 Å². The Labute approximate surface area is 102 Å². The largest absolute Gasteiger partial charge is 0.476 e. The molecule has 0 atom stereocenters. The number of nitrogens with one attached hydrogen (secondary N) is 1. The zero-order valence-electron chi connectivity index (χ0n) is 9.58. The Balaban J connectivity index is 2.26. The zero-order valence-corrected chi connectivity index (χ0v) is 9.58. The maximum Gasteiger partial charge on any atom is 0.356 e. The third-order valence-corrected chi connectivity index (χ3v) is 2.82. The second kappa shape index (κ2) is 3.69. The maximum atomic E-state index is 10.9. The van der Waals surface area contributed by atoms with Crippen LogP contribution in [-0.4, -0.2) is 30.8 Å². The molecule has 0 radical (unpaired) electrons. The van der Waals surface area contributed by atoms with Gasteiger partial charge in [-0.05, 0) is 12.1 Å². The Morgan fingerprint density at radius 2 is 2.28 bits per heavy atom. The number of nitrogens with zero attached hydrogens (tertiary/aromatic N) is 3.